The number of fused-ring (bicyclic) bond motifs is 1. The summed E-state index contributed by atoms with van der Waals surface area (Å²) in [5, 5.41) is 28.7. The quantitative estimate of drug-likeness (QED) is 0.365. The molecule has 0 saturated heterocycles. The van der Waals surface area contributed by atoms with Gasteiger partial charge in [0.15, 0.2) is 5.78 Å². The second kappa shape index (κ2) is 9.56. The summed E-state index contributed by atoms with van der Waals surface area (Å²) in [6.07, 6.45) is 1.45. The molecule has 0 aliphatic heterocycles. The monoisotopic (exact) mass is 492 g/mol. The Morgan fingerprint density at radius 2 is 1.51 bits per heavy atom. The van der Waals surface area contributed by atoms with Gasteiger partial charge in [0, 0.05) is 42.2 Å². The number of carbonyl (C=O) groups excluding carboxylic acids is 3. The number of ether oxygens (including phenoxy) is 2. The summed E-state index contributed by atoms with van der Waals surface area (Å²) in [5.41, 5.74) is -1.95. The molecule has 0 aromatic carbocycles. The summed E-state index contributed by atoms with van der Waals surface area (Å²) in [5.74, 6) is -3.78. The molecule has 10 heteroatoms. The molecule has 0 aromatic heterocycles. The minimum Gasteiger partial charge on any atom is -0.481 e. The molecule has 192 valence electrons. The third-order valence-electron chi connectivity index (χ3n) is 7.45. The molecule has 0 amide bonds. The van der Waals surface area contributed by atoms with Gasteiger partial charge < -0.3 is 24.8 Å². The number of carboxylic acids is 2. The van der Waals surface area contributed by atoms with E-state index in [9.17, 15) is 29.1 Å². The number of rotatable bonds is 11. The van der Waals surface area contributed by atoms with Crippen LogP contribution in [0.25, 0.3) is 0 Å². The van der Waals surface area contributed by atoms with E-state index < -0.39 is 52.2 Å². The van der Waals surface area contributed by atoms with Crippen molar-refractivity contribution in [1.29, 1.82) is 0 Å². The standard InChI is InChI=1S/C25H32O10/c1-14-20-15(21(32)24(3,33)25(14)10-11-25)12-23(2,13-34-18(30)8-4-6-16(26)27)22(20)35-19(31)9-5-7-17(28)29/h12,22,33H,4-11,13H2,1-3H3,(H,26,27)(H,28,29)/t22?,23-,24?/m0/s1. The Morgan fingerprint density at radius 3 is 2.03 bits per heavy atom. The third-order valence-corrected chi connectivity index (χ3v) is 7.45. The van der Waals surface area contributed by atoms with Crippen LogP contribution < -0.4 is 0 Å². The zero-order valence-corrected chi connectivity index (χ0v) is 20.2. The van der Waals surface area contributed by atoms with Crippen LogP contribution in [-0.2, 0) is 33.4 Å². The molecule has 2 unspecified atom stereocenters. The summed E-state index contributed by atoms with van der Waals surface area (Å²) in [6, 6.07) is 0. The largest absolute Gasteiger partial charge is 0.481 e. The smallest absolute Gasteiger partial charge is 0.306 e. The minimum absolute atomic E-state index is 0.0893. The van der Waals surface area contributed by atoms with E-state index in [0.29, 0.717) is 18.4 Å². The summed E-state index contributed by atoms with van der Waals surface area (Å²) in [4.78, 5) is 59.6. The normalized spacial score (nSPS) is 28.4. The number of esters is 2. The van der Waals surface area contributed by atoms with Crippen molar-refractivity contribution in [3.63, 3.8) is 0 Å². The highest BCUT2D eigenvalue weighted by Gasteiger charge is 2.67. The van der Waals surface area contributed by atoms with E-state index in [0.717, 1.165) is 5.57 Å². The maximum atomic E-state index is 13.3. The van der Waals surface area contributed by atoms with Crippen molar-refractivity contribution in [2.24, 2.45) is 10.8 Å². The summed E-state index contributed by atoms with van der Waals surface area (Å²) in [6.45, 7) is 4.76. The zero-order valence-electron chi connectivity index (χ0n) is 20.2. The fourth-order valence-corrected chi connectivity index (χ4v) is 5.21. The second-order valence-electron chi connectivity index (χ2n) is 10.1. The van der Waals surface area contributed by atoms with Gasteiger partial charge in [-0.05, 0) is 46.5 Å². The molecule has 1 fully saturated rings. The average Bonchev–Trinajstić information content (AvgIpc) is 3.52. The van der Waals surface area contributed by atoms with Crippen molar-refractivity contribution in [2.75, 3.05) is 6.61 Å². The van der Waals surface area contributed by atoms with Crippen LogP contribution in [0.3, 0.4) is 0 Å². The second-order valence-corrected chi connectivity index (χ2v) is 10.1. The molecular formula is C25H32O10. The number of hydrogen-bond acceptors (Lipinski definition) is 8. The number of ketones is 1. The number of Topliss-reactive ketones (excluding diaryl/α,β-unsaturated/α-hetero) is 1. The molecule has 0 bridgehead atoms. The topological polar surface area (TPSA) is 164 Å². The van der Waals surface area contributed by atoms with Crippen LogP contribution in [0.4, 0.5) is 0 Å². The van der Waals surface area contributed by atoms with Crippen LogP contribution in [0.2, 0.25) is 0 Å². The van der Waals surface area contributed by atoms with Crippen LogP contribution in [0, 0.1) is 10.8 Å². The molecule has 3 aliphatic rings. The summed E-state index contributed by atoms with van der Waals surface area (Å²) >= 11 is 0. The van der Waals surface area contributed by atoms with Crippen LogP contribution in [0.1, 0.15) is 72.1 Å². The Balaban J connectivity index is 1.86. The van der Waals surface area contributed by atoms with Crippen LogP contribution in [0.15, 0.2) is 22.8 Å². The maximum Gasteiger partial charge on any atom is 0.306 e. The molecular weight excluding hydrogens is 460 g/mol. The molecule has 0 aromatic rings. The molecule has 1 spiro atoms. The number of aliphatic carboxylic acids is 2. The summed E-state index contributed by atoms with van der Waals surface area (Å²) in [7, 11) is 0. The molecule has 3 rings (SSSR count). The first-order valence-electron chi connectivity index (χ1n) is 11.8. The van der Waals surface area contributed by atoms with E-state index in [1.165, 1.54) is 6.92 Å². The lowest BCUT2D eigenvalue weighted by atomic mass is 9.67. The van der Waals surface area contributed by atoms with Crippen molar-refractivity contribution in [3.05, 3.63) is 22.8 Å². The molecule has 0 heterocycles. The Hall–Kier alpha value is -3.01. The predicted octanol–water partition coefficient (Wildman–Crippen LogP) is 2.33. The van der Waals surface area contributed by atoms with Gasteiger partial charge in [0.25, 0.3) is 0 Å². The van der Waals surface area contributed by atoms with Crippen molar-refractivity contribution in [3.8, 4) is 0 Å². The van der Waals surface area contributed by atoms with Gasteiger partial charge in [-0.25, -0.2) is 0 Å². The average molecular weight is 493 g/mol. The predicted molar refractivity (Wildman–Crippen MR) is 120 cm³/mol. The van der Waals surface area contributed by atoms with Crippen molar-refractivity contribution < 1.29 is 48.8 Å². The Labute approximate surface area is 203 Å². The molecule has 35 heavy (non-hydrogen) atoms. The summed E-state index contributed by atoms with van der Waals surface area (Å²) < 4.78 is 11.2. The van der Waals surface area contributed by atoms with Crippen LogP contribution in [-0.4, -0.2) is 63.3 Å². The van der Waals surface area contributed by atoms with E-state index in [4.69, 9.17) is 19.7 Å². The lowest BCUT2D eigenvalue weighted by molar-refractivity contribution is -0.156. The van der Waals surface area contributed by atoms with Gasteiger partial charge in [-0.3, -0.25) is 24.0 Å². The Morgan fingerprint density at radius 1 is 0.971 bits per heavy atom. The van der Waals surface area contributed by atoms with Gasteiger partial charge >= 0.3 is 23.9 Å². The molecule has 0 radical (unpaired) electrons. The van der Waals surface area contributed by atoms with Crippen molar-refractivity contribution in [1.82, 2.24) is 0 Å². The molecule has 1 saturated carbocycles. The highest BCUT2D eigenvalue weighted by Crippen LogP contribution is 2.65. The lowest BCUT2D eigenvalue weighted by Crippen LogP contribution is -2.50. The zero-order chi connectivity index (χ0) is 26.2. The van der Waals surface area contributed by atoms with E-state index >= 15 is 0 Å². The van der Waals surface area contributed by atoms with E-state index in [-0.39, 0.29) is 50.7 Å². The van der Waals surface area contributed by atoms with Gasteiger partial charge in [-0.2, -0.15) is 0 Å². The maximum absolute atomic E-state index is 13.3. The Kier molecular flexibility index (Phi) is 7.26. The van der Waals surface area contributed by atoms with E-state index in [1.54, 1.807) is 13.0 Å². The van der Waals surface area contributed by atoms with Gasteiger partial charge in [0.05, 0.1) is 5.41 Å². The Bertz CT molecular complexity index is 1010. The first-order valence-corrected chi connectivity index (χ1v) is 11.8. The number of carbonyl (C=O) groups is 5. The molecule has 3 atom stereocenters. The van der Waals surface area contributed by atoms with E-state index in [1.807, 2.05) is 6.92 Å². The lowest BCUT2D eigenvalue weighted by Gasteiger charge is -2.40. The number of hydrogen-bond donors (Lipinski definition) is 3. The molecule has 3 N–H and O–H groups in total. The van der Waals surface area contributed by atoms with Crippen LogP contribution >= 0.6 is 0 Å². The number of carboxylic acid groups (broad SMARTS) is 2. The van der Waals surface area contributed by atoms with Gasteiger partial charge in [0.2, 0.25) is 0 Å². The third kappa shape index (κ3) is 5.03. The van der Waals surface area contributed by atoms with E-state index in [2.05, 4.69) is 0 Å². The SMILES string of the molecule is CC1=C2C(=C[C@@](C)(COC(=O)CCCC(=O)O)C2OC(=O)CCCC(=O)O)C(=O)C(C)(O)C12CC2. The van der Waals surface area contributed by atoms with Gasteiger partial charge in [-0.1, -0.05) is 11.6 Å². The fourth-order valence-electron chi connectivity index (χ4n) is 5.21. The van der Waals surface area contributed by atoms with Gasteiger partial charge in [0.1, 0.15) is 18.3 Å². The first-order chi connectivity index (χ1) is 16.2. The van der Waals surface area contributed by atoms with Crippen molar-refractivity contribution in [2.45, 2.75) is 83.8 Å². The fraction of sp³-hybridized carbons (Fsp3) is 0.640. The number of aliphatic hydroxyl groups is 1. The molecule has 3 aliphatic carbocycles. The van der Waals surface area contributed by atoms with Gasteiger partial charge in [-0.15, -0.1) is 0 Å². The van der Waals surface area contributed by atoms with Crippen LogP contribution in [0.5, 0.6) is 0 Å². The van der Waals surface area contributed by atoms with Crippen molar-refractivity contribution >= 4 is 29.7 Å². The molecule has 10 nitrogen and oxygen atoms in total. The first kappa shape index (κ1) is 26.6. The highest BCUT2D eigenvalue weighted by atomic mass is 16.6. The minimum atomic E-state index is -1.61. The highest BCUT2D eigenvalue weighted by molar-refractivity contribution is 6.09.